The lowest BCUT2D eigenvalue weighted by Crippen LogP contribution is -2.19. The van der Waals surface area contributed by atoms with Gasteiger partial charge in [-0.15, -0.1) is 23.4 Å². The predicted molar refractivity (Wildman–Crippen MR) is 111 cm³/mol. The fraction of sp³-hybridized carbons (Fsp3) is 0.158. The Kier molecular flexibility index (Phi) is 6.43. The van der Waals surface area contributed by atoms with Gasteiger partial charge in [0.2, 0.25) is 15.7 Å². The molecule has 0 aliphatic carbocycles. The molecule has 6 nitrogen and oxygen atoms in total. The fourth-order valence-electron chi connectivity index (χ4n) is 2.67. The molecule has 0 atom stereocenters. The van der Waals surface area contributed by atoms with E-state index in [4.69, 9.17) is 11.6 Å². The summed E-state index contributed by atoms with van der Waals surface area (Å²) in [6, 6.07) is 17.5. The van der Waals surface area contributed by atoms with Crippen LogP contribution in [0.4, 0.5) is 5.82 Å². The highest BCUT2D eigenvalue weighted by atomic mass is 35.5. The molecule has 1 heterocycles. The fourth-order valence-corrected chi connectivity index (χ4v) is 5.22. The van der Waals surface area contributed by atoms with Crippen LogP contribution < -0.4 is 5.32 Å². The van der Waals surface area contributed by atoms with Crippen LogP contribution in [-0.2, 0) is 21.2 Å². The van der Waals surface area contributed by atoms with Gasteiger partial charge in [0.1, 0.15) is 15.8 Å². The lowest BCUT2D eigenvalue weighted by molar-refractivity contribution is -0.114. The Balaban J connectivity index is 2.18. The van der Waals surface area contributed by atoms with Gasteiger partial charge >= 0.3 is 0 Å². The van der Waals surface area contributed by atoms with E-state index in [0.29, 0.717) is 11.6 Å². The van der Waals surface area contributed by atoms with Crippen molar-refractivity contribution in [1.82, 2.24) is 9.78 Å². The number of sulfone groups is 1. The molecule has 0 radical (unpaired) electrons. The molecule has 0 unspecified atom stereocenters. The molecule has 1 aromatic heterocycles. The first-order valence-corrected chi connectivity index (χ1v) is 11.6. The third-order valence-corrected chi connectivity index (χ3v) is 6.81. The number of anilines is 1. The van der Waals surface area contributed by atoms with Gasteiger partial charge in [0.15, 0.2) is 5.82 Å². The zero-order valence-electron chi connectivity index (χ0n) is 15.0. The van der Waals surface area contributed by atoms with E-state index in [2.05, 4.69) is 10.4 Å². The van der Waals surface area contributed by atoms with E-state index in [1.807, 2.05) is 30.3 Å². The lowest BCUT2D eigenvalue weighted by atomic mass is 10.2. The van der Waals surface area contributed by atoms with Gasteiger partial charge in [0.25, 0.3) is 0 Å². The minimum atomic E-state index is -3.90. The largest absolute Gasteiger partial charge is 0.309 e. The van der Waals surface area contributed by atoms with Crippen molar-refractivity contribution >= 4 is 44.9 Å². The molecule has 0 saturated carbocycles. The van der Waals surface area contributed by atoms with Gasteiger partial charge in [0, 0.05) is 0 Å². The summed E-state index contributed by atoms with van der Waals surface area (Å²) in [6.07, 6.45) is 1.74. The number of amides is 1. The standard InChI is InChI=1S/C19H18ClN3O3S2/c1-27-19-17(28(25,26)15-10-6-3-7-11-15)18(21-16(24)12-20)23(22-19)13-14-8-4-2-5-9-14/h2-11H,12-13H2,1H3,(H,21,24). The van der Waals surface area contributed by atoms with Gasteiger partial charge in [-0.2, -0.15) is 5.10 Å². The van der Waals surface area contributed by atoms with E-state index >= 15 is 0 Å². The normalized spacial score (nSPS) is 11.4. The lowest BCUT2D eigenvalue weighted by Gasteiger charge is -2.11. The third kappa shape index (κ3) is 4.24. The number of nitrogens with one attached hydrogen (secondary N) is 1. The molecular formula is C19H18ClN3O3S2. The highest BCUT2D eigenvalue weighted by Gasteiger charge is 2.31. The van der Waals surface area contributed by atoms with Crippen molar-refractivity contribution in [2.24, 2.45) is 0 Å². The van der Waals surface area contributed by atoms with Crippen LogP contribution >= 0.6 is 23.4 Å². The molecule has 3 aromatic rings. The van der Waals surface area contributed by atoms with Crippen molar-refractivity contribution in [1.29, 1.82) is 0 Å². The van der Waals surface area contributed by atoms with Crippen LogP contribution in [0.2, 0.25) is 0 Å². The van der Waals surface area contributed by atoms with Crippen molar-refractivity contribution in [3.05, 3.63) is 66.2 Å². The number of hydrogen-bond donors (Lipinski definition) is 1. The highest BCUT2D eigenvalue weighted by molar-refractivity contribution is 7.99. The summed E-state index contributed by atoms with van der Waals surface area (Å²) < 4.78 is 28.1. The molecule has 0 bridgehead atoms. The maximum atomic E-state index is 13.3. The minimum Gasteiger partial charge on any atom is -0.309 e. The first-order valence-electron chi connectivity index (χ1n) is 8.32. The number of alkyl halides is 1. The van der Waals surface area contributed by atoms with Gasteiger partial charge in [-0.3, -0.25) is 4.79 Å². The first kappa shape index (κ1) is 20.4. The maximum Gasteiger partial charge on any atom is 0.240 e. The Labute approximate surface area is 172 Å². The number of halogens is 1. The van der Waals surface area contributed by atoms with E-state index < -0.39 is 15.7 Å². The van der Waals surface area contributed by atoms with E-state index in [0.717, 1.165) is 5.56 Å². The Hall–Kier alpha value is -2.29. The van der Waals surface area contributed by atoms with Crippen LogP contribution in [0.1, 0.15) is 5.56 Å². The molecule has 9 heteroatoms. The Bertz CT molecular complexity index is 1070. The van der Waals surface area contributed by atoms with E-state index in [-0.39, 0.29) is 21.5 Å². The number of aromatic nitrogens is 2. The monoisotopic (exact) mass is 435 g/mol. The first-order chi connectivity index (χ1) is 13.5. The summed E-state index contributed by atoms with van der Waals surface area (Å²) in [5.41, 5.74) is 0.919. The van der Waals surface area contributed by atoms with Crippen molar-refractivity contribution in [2.45, 2.75) is 21.4 Å². The zero-order valence-corrected chi connectivity index (χ0v) is 17.4. The second-order valence-electron chi connectivity index (χ2n) is 5.83. The average molecular weight is 436 g/mol. The number of hydrogen-bond acceptors (Lipinski definition) is 5. The summed E-state index contributed by atoms with van der Waals surface area (Å²) >= 11 is 6.84. The number of nitrogens with zero attached hydrogens (tertiary/aromatic N) is 2. The smallest absolute Gasteiger partial charge is 0.240 e. The molecule has 0 saturated heterocycles. The summed E-state index contributed by atoms with van der Waals surface area (Å²) in [6.45, 7) is 0.302. The number of benzene rings is 2. The van der Waals surface area contributed by atoms with Crippen LogP contribution in [0.3, 0.4) is 0 Å². The molecule has 2 aromatic carbocycles. The molecule has 0 aliphatic rings. The number of carbonyl (C=O) groups excluding carboxylic acids is 1. The highest BCUT2D eigenvalue weighted by Crippen LogP contribution is 2.36. The van der Waals surface area contributed by atoms with Crippen LogP contribution in [0.25, 0.3) is 0 Å². The van der Waals surface area contributed by atoms with Crippen molar-refractivity contribution in [3.8, 4) is 0 Å². The molecule has 146 valence electrons. The molecule has 1 amide bonds. The van der Waals surface area contributed by atoms with Gasteiger partial charge in [0.05, 0.1) is 11.4 Å². The Morgan fingerprint density at radius 3 is 2.29 bits per heavy atom. The van der Waals surface area contributed by atoms with E-state index in [1.54, 1.807) is 24.5 Å². The second-order valence-corrected chi connectivity index (χ2v) is 8.78. The molecule has 0 fully saturated rings. The van der Waals surface area contributed by atoms with E-state index in [9.17, 15) is 13.2 Å². The van der Waals surface area contributed by atoms with Crippen LogP contribution in [0.5, 0.6) is 0 Å². The topological polar surface area (TPSA) is 81.1 Å². The molecule has 0 aliphatic heterocycles. The van der Waals surface area contributed by atoms with Crippen LogP contribution in [0, 0.1) is 0 Å². The van der Waals surface area contributed by atoms with Crippen LogP contribution in [-0.4, -0.2) is 36.2 Å². The van der Waals surface area contributed by atoms with Gasteiger partial charge in [-0.05, 0) is 24.0 Å². The molecule has 1 N–H and O–H groups in total. The Morgan fingerprint density at radius 1 is 1.11 bits per heavy atom. The molecule has 28 heavy (non-hydrogen) atoms. The molecular weight excluding hydrogens is 418 g/mol. The summed E-state index contributed by atoms with van der Waals surface area (Å²) in [7, 11) is -3.90. The number of carbonyl (C=O) groups is 1. The van der Waals surface area contributed by atoms with E-state index in [1.165, 1.54) is 28.6 Å². The second kappa shape index (κ2) is 8.81. The zero-order chi connectivity index (χ0) is 20.1. The average Bonchev–Trinajstić information content (AvgIpc) is 3.07. The van der Waals surface area contributed by atoms with Crippen molar-refractivity contribution in [2.75, 3.05) is 17.5 Å². The quantitative estimate of drug-likeness (QED) is 0.452. The Morgan fingerprint density at radius 2 is 1.71 bits per heavy atom. The summed E-state index contributed by atoms with van der Waals surface area (Å²) in [5.74, 6) is -0.689. The number of rotatable bonds is 7. The van der Waals surface area contributed by atoms with Gasteiger partial charge < -0.3 is 5.32 Å². The SMILES string of the molecule is CSc1nn(Cc2ccccc2)c(NC(=O)CCl)c1S(=O)(=O)c1ccccc1. The molecule has 3 rings (SSSR count). The summed E-state index contributed by atoms with van der Waals surface area (Å²) in [5, 5.41) is 7.37. The minimum absolute atomic E-state index is 0.0272. The predicted octanol–water partition coefficient (Wildman–Crippen LogP) is 3.66. The van der Waals surface area contributed by atoms with Crippen molar-refractivity contribution in [3.63, 3.8) is 0 Å². The maximum absolute atomic E-state index is 13.3. The van der Waals surface area contributed by atoms with Crippen molar-refractivity contribution < 1.29 is 13.2 Å². The van der Waals surface area contributed by atoms with Gasteiger partial charge in [-0.25, -0.2) is 13.1 Å². The summed E-state index contributed by atoms with van der Waals surface area (Å²) in [4.78, 5) is 12.1. The third-order valence-electron chi connectivity index (χ3n) is 3.95. The van der Waals surface area contributed by atoms with Gasteiger partial charge in [-0.1, -0.05) is 48.5 Å². The number of thioether (sulfide) groups is 1. The molecule has 0 spiro atoms. The van der Waals surface area contributed by atoms with Crippen LogP contribution in [0.15, 0.2) is 75.5 Å².